The van der Waals surface area contributed by atoms with E-state index in [0.717, 1.165) is 45.4 Å². The number of hydrogen-bond donors (Lipinski definition) is 1. The van der Waals surface area contributed by atoms with Crippen molar-refractivity contribution in [3.63, 3.8) is 0 Å². The molecule has 0 aromatic heterocycles. The van der Waals surface area contributed by atoms with Gasteiger partial charge in [-0.25, -0.2) is 0 Å². The van der Waals surface area contributed by atoms with Crippen LogP contribution < -0.4 is 0 Å². The zero-order chi connectivity index (χ0) is 9.97. The molecule has 0 amide bonds. The van der Waals surface area contributed by atoms with Gasteiger partial charge < -0.3 is 9.84 Å². The summed E-state index contributed by atoms with van der Waals surface area (Å²) in [7, 11) is 0. The van der Waals surface area contributed by atoms with E-state index in [1.807, 2.05) is 0 Å². The number of hydrogen-bond acceptors (Lipinski definition) is 3. The predicted molar refractivity (Wildman–Crippen MR) is 55.2 cm³/mol. The summed E-state index contributed by atoms with van der Waals surface area (Å²) < 4.78 is 5.62. The normalized spacial score (nSPS) is 41.1. The average molecular weight is 199 g/mol. The van der Waals surface area contributed by atoms with Crippen LogP contribution in [0.1, 0.15) is 32.6 Å². The summed E-state index contributed by atoms with van der Waals surface area (Å²) in [5, 5.41) is 9.51. The van der Waals surface area contributed by atoms with Crippen LogP contribution in [-0.4, -0.2) is 48.0 Å². The molecule has 1 saturated carbocycles. The van der Waals surface area contributed by atoms with E-state index in [4.69, 9.17) is 4.74 Å². The monoisotopic (exact) mass is 199 g/mol. The molecule has 3 heteroatoms. The Morgan fingerprint density at radius 2 is 2.21 bits per heavy atom. The number of rotatable bonds is 1. The molecule has 0 radical (unpaired) electrons. The highest BCUT2D eigenvalue weighted by molar-refractivity contribution is 4.84. The topological polar surface area (TPSA) is 32.7 Å². The van der Waals surface area contributed by atoms with Crippen molar-refractivity contribution in [2.45, 2.75) is 50.9 Å². The Bertz CT molecular complexity index is 186. The molecule has 3 unspecified atom stereocenters. The molecule has 82 valence electrons. The van der Waals surface area contributed by atoms with E-state index in [0.29, 0.717) is 12.1 Å². The highest BCUT2D eigenvalue weighted by atomic mass is 16.5. The SMILES string of the molecule is CC1CN(C2CCC(O)C2)CCCO1. The highest BCUT2D eigenvalue weighted by Crippen LogP contribution is 2.25. The van der Waals surface area contributed by atoms with Crippen LogP contribution in [0, 0.1) is 0 Å². The third kappa shape index (κ3) is 2.47. The number of aliphatic hydroxyl groups is 1. The first kappa shape index (κ1) is 10.4. The van der Waals surface area contributed by atoms with E-state index in [9.17, 15) is 5.11 Å². The molecule has 0 aromatic carbocycles. The molecule has 1 aliphatic carbocycles. The summed E-state index contributed by atoms with van der Waals surface area (Å²) in [6, 6.07) is 0.606. The van der Waals surface area contributed by atoms with Crippen molar-refractivity contribution in [3.05, 3.63) is 0 Å². The lowest BCUT2D eigenvalue weighted by Gasteiger charge is -2.28. The fraction of sp³-hybridized carbons (Fsp3) is 1.00. The summed E-state index contributed by atoms with van der Waals surface area (Å²) in [5.41, 5.74) is 0. The fourth-order valence-corrected chi connectivity index (χ4v) is 2.62. The van der Waals surface area contributed by atoms with Crippen LogP contribution in [-0.2, 0) is 4.74 Å². The van der Waals surface area contributed by atoms with E-state index in [-0.39, 0.29) is 6.10 Å². The van der Waals surface area contributed by atoms with Crippen LogP contribution in [0.15, 0.2) is 0 Å². The molecule has 0 spiro atoms. The Hall–Kier alpha value is -0.120. The third-order valence-electron chi connectivity index (χ3n) is 3.38. The van der Waals surface area contributed by atoms with Gasteiger partial charge in [-0.1, -0.05) is 0 Å². The zero-order valence-corrected chi connectivity index (χ0v) is 8.98. The van der Waals surface area contributed by atoms with Gasteiger partial charge in [-0.05, 0) is 32.6 Å². The molecule has 1 saturated heterocycles. The predicted octanol–water partition coefficient (Wildman–Crippen LogP) is 1.01. The second-order valence-corrected chi connectivity index (χ2v) is 4.65. The average Bonchev–Trinajstić information content (AvgIpc) is 2.45. The van der Waals surface area contributed by atoms with Gasteiger partial charge in [0.25, 0.3) is 0 Å². The van der Waals surface area contributed by atoms with E-state index in [1.54, 1.807) is 0 Å². The minimum Gasteiger partial charge on any atom is -0.393 e. The fourth-order valence-electron chi connectivity index (χ4n) is 2.62. The molecule has 0 bridgehead atoms. The molecule has 3 atom stereocenters. The molecule has 3 nitrogen and oxygen atoms in total. The van der Waals surface area contributed by atoms with Gasteiger partial charge in [0.1, 0.15) is 0 Å². The molecule has 2 fully saturated rings. The van der Waals surface area contributed by atoms with Gasteiger partial charge in [0.05, 0.1) is 12.2 Å². The summed E-state index contributed by atoms with van der Waals surface area (Å²) in [6.07, 6.45) is 4.54. The van der Waals surface area contributed by atoms with E-state index in [2.05, 4.69) is 11.8 Å². The Morgan fingerprint density at radius 3 is 2.93 bits per heavy atom. The maximum Gasteiger partial charge on any atom is 0.0674 e. The van der Waals surface area contributed by atoms with Crippen molar-refractivity contribution in [3.8, 4) is 0 Å². The van der Waals surface area contributed by atoms with E-state index < -0.39 is 0 Å². The molecule has 1 aliphatic heterocycles. The van der Waals surface area contributed by atoms with Crippen LogP contribution in [0.2, 0.25) is 0 Å². The van der Waals surface area contributed by atoms with Gasteiger partial charge in [0.15, 0.2) is 0 Å². The van der Waals surface area contributed by atoms with Gasteiger partial charge >= 0.3 is 0 Å². The Balaban J connectivity index is 1.88. The third-order valence-corrected chi connectivity index (χ3v) is 3.38. The van der Waals surface area contributed by atoms with Gasteiger partial charge in [0, 0.05) is 25.7 Å². The van der Waals surface area contributed by atoms with Gasteiger partial charge in [-0.2, -0.15) is 0 Å². The van der Waals surface area contributed by atoms with Gasteiger partial charge in [0.2, 0.25) is 0 Å². The van der Waals surface area contributed by atoms with Crippen LogP contribution in [0.25, 0.3) is 0 Å². The molecule has 0 aromatic rings. The molecular formula is C11H21NO2. The summed E-state index contributed by atoms with van der Waals surface area (Å²) in [4.78, 5) is 2.51. The van der Waals surface area contributed by atoms with Crippen molar-refractivity contribution in [2.75, 3.05) is 19.7 Å². The van der Waals surface area contributed by atoms with Crippen molar-refractivity contribution in [2.24, 2.45) is 0 Å². The smallest absolute Gasteiger partial charge is 0.0674 e. The second-order valence-electron chi connectivity index (χ2n) is 4.65. The lowest BCUT2D eigenvalue weighted by Crippen LogP contribution is -2.38. The van der Waals surface area contributed by atoms with Gasteiger partial charge in [-0.3, -0.25) is 4.90 Å². The minimum absolute atomic E-state index is 0.0560. The second kappa shape index (κ2) is 4.60. The zero-order valence-electron chi connectivity index (χ0n) is 8.98. The molecule has 2 aliphatic rings. The first-order chi connectivity index (χ1) is 6.75. The maximum atomic E-state index is 9.51. The Kier molecular flexibility index (Phi) is 3.42. The first-order valence-corrected chi connectivity index (χ1v) is 5.79. The Labute approximate surface area is 86.0 Å². The quantitative estimate of drug-likeness (QED) is 0.684. The lowest BCUT2D eigenvalue weighted by atomic mass is 10.2. The summed E-state index contributed by atoms with van der Waals surface area (Å²) >= 11 is 0. The van der Waals surface area contributed by atoms with Crippen molar-refractivity contribution >= 4 is 0 Å². The van der Waals surface area contributed by atoms with Crippen LogP contribution >= 0.6 is 0 Å². The Morgan fingerprint density at radius 1 is 1.36 bits per heavy atom. The first-order valence-electron chi connectivity index (χ1n) is 5.79. The largest absolute Gasteiger partial charge is 0.393 e. The highest BCUT2D eigenvalue weighted by Gasteiger charge is 2.29. The molecule has 1 heterocycles. The lowest BCUT2D eigenvalue weighted by molar-refractivity contribution is 0.0594. The number of ether oxygens (including phenoxy) is 1. The minimum atomic E-state index is -0.0560. The standard InChI is InChI=1S/C11H21NO2/c1-9-8-12(5-2-6-14-9)10-3-4-11(13)7-10/h9-11,13H,2-8H2,1H3. The summed E-state index contributed by atoms with van der Waals surface area (Å²) in [5.74, 6) is 0. The maximum absolute atomic E-state index is 9.51. The number of aliphatic hydroxyl groups excluding tert-OH is 1. The summed E-state index contributed by atoms with van der Waals surface area (Å²) in [6.45, 7) is 5.22. The molecule has 14 heavy (non-hydrogen) atoms. The van der Waals surface area contributed by atoms with Crippen molar-refractivity contribution in [1.29, 1.82) is 0 Å². The molecular weight excluding hydrogens is 178 g/mol. The molecule has 2 rings (SSSR count). The molecule has 1 N–H and O–H groups in total. The van der Waals surface area contributed by atoms with Crippen molar-refractivity contribution < 1.29 is 9.84 Å². The van der Waals surface area contributed by atoms with Gasteiger partial charge in [-0.15, -0.1) is 0 Å². The van der Waals surface area contributed by atoms with Crippen LogP contribution in [0.4, 0.5) is 0 Å². The van der Waals surface area contributed by atoms with Crippen molar-refractivity contribution in [1.82, 2.24) is 4.90 Å². The van der Waals surface area contributed by atoms with E-state index in [1.165, 1.54) is 0 Å². The van der Waals surface area contributed by atoms with Crippen LogP contribution in [0.5, 0.6) is 0 Å². The number of nitrogens with zero attached hydrogens (tertiary/aromatic N) is 1. The van der Waals surface area contributed by atoms with Crippen LogP contribution in [0.3, 0.4) is 0 Å². The van der Waals surface area contributed by atoms with E-state index >= 15 is 0 Å².